The monoisotopic (exact) mass is 367 g/mol. The van der Waals surface area contributed by atoms with Crippen molar-refractivity contribution in [3.8, 4) is 0 Å². The lowest BCUT2D eigenvalue weighted by molar-refractivity contribution is 0.0465. The van der Waals surface area contributed by atoms with Gasteiger partial charge in [0.25, 0.3) is 5.91 Å². The first-order valence-corrected chi connectivity index (χ1v) is 10.0. The number of hydrogen-bond acceptors (Lipinski definition) is 4. The number of hydrogen-bond donors (Lipinski definition) is 0. The Labute approximate surface area is 161 Å². The number of carbonyl (C=O) groups is 1. The molecule has 5 heteroatoms. The van der Waals surface area contributed by atoms with E-state index in [1.165, 1.54) is 12.0 Å². The molecule has 5 nitrogen and oxygen atoms in total. The Hall–Kier alpha value is -2.14. The Morgan fingerprint density at radius 1 is 1.26 bits per heavy atom. The van der Waals surface area contributed by atoms with Crippen LogP contribution in [0.25, 0.3) is 0 Å². The van der Waals surface area contributed by atoms with Gasteiger partial charge in [-0.3, -0.25) is 9.69 Å². The zero-order chi connectivity index (χ0) is 19.0. The first-order chi connectivity index (χ1) is 13.0. The van der Waals surface area contributed by atoms with E-state index < -0.39 is 0 Å². The van der Waals surface area contributed by atoms with Crippen LogP contribution in [0.3, 0.4) is 0 Å². The minimum absolute atomic E-state index is 0.00481. The fraction of sp³-hybridized carbons (Fsp3) is 0.545. The van der Waals surface area contributed by atoms with Crippen molar-refractivity contribution in [3.63, 3.8) is 0 Å². The lowest BCUT2D eigenvalue weighted by Gasteiger charge is -2.43. The van der Waals surface area contributed by atoms with Crippen LogP contribution in [-0.4, -0.2) is 52.9 Å². The molecule has 2 fully saturated rings. The van der Waals surface area contributed by atoms with Crippen LogP contribution >= 0.6 is 0 Å². The van der Waals surface area contributed by atoms with Gasteiger partial charge >= 0.3 is 0 Å². The van der Waals surface area contributed by atoms with Gasteiger partial charge in [-0.1, -0.05) is 37.3 Å². The molecule has 144 valence electrons. The Balaban J connectivity index is 1.44. The molecule has 2 aliphatic heterocycles. The summed E-state index contributed by atoms with van der Waals surface area (Å²) in [6.07, 6.45) is 3.93. The van der Waals surface area contributed by atoms with Crippen molar-refractivity contribution in [1.82, 2.24) is 14.8 Å². The van der Waals surface area contributed by atoms with E-state index in [0.29, 0.717) is 29.7 Å². The Bertz CT molecular complexity index is 806. The van der Waals surface area contributed by atoms with E-state index in [-0.39, 0.29) is 11.4 Å². The second-order valence-electron chi connectivity index (χ2n) is 8.08. The van der Waals surface area contributed by atoms with Crippen molar-refractivity contribution in [3.05, 3.63) is 53.2 Å². The normalized spacial score (nSPS) is 22.5. The van der Waals surface area contributed by atoms with Crippen LogP contribution in [0.5, 0.6) is 0 Å². The van der Waals surface area contributed by atoms with Crippen LogP contribution in [-0.2, 0) is 6.42 Å². The average molecular weight is 367 g/mol. The Morgan fingerprint density at radius 2 is 1.96 bits per heavy atom. The van der Waals surface area contributed by atoms with Gasteiger partial charge in [-0.2, -0.15) is 0 Å². The number of benzene rings is 1. The van der Waals surface area contributed by atoms with Gasteiger partial charge in [-0.05, 0) is 44.7 Å². The Morgan fingerprint density at radius 3 is 2.59 bits per heavy atom. The molecule has 0 unspecified atom stereocenters. The number of aromatic nitrogens is 1. The van der Waals surface area contributed by atoms with E-state index >= 15 is 0 Å². The standard InChI is InChI=1S/C22H29N3O2/c1-4-19-23-16(2)20(27-19)21(26)25-12-10-22(11-13-25)14-18(15-24(22)3)17-8-6-5-7-9-17/h5-9,18H,4,10-15H2,1-3H3/t18-/m0/s1. The molecule has 1 aromatic heterocycles. The van der Waals surface area contributed by atoms with Crippen LogP contribution in [0.15, 0.2) is 34.7 Å². The summed E-state index contributed by atoms with van der Waals surface area (Å²) in [7, 11) is 2.24. The van der Waals surface area contributed by atoms with Crippen LogP contribution in [0, 0.1) is 6.92 Å². The number of likely N-dealkylation sites (N-methyl/N-ethyl adjacent to an activating group) is 1. The minimum atomic E-state index is -0.00481. The highest BCUT2D eigenvalue weighted by atomic mass is 16.4. The number of rotatable bonds is 3. The smallest absolute Gasteiger partial charge is 0.291 e. The summed E-state index contributed by atoms with van der Waals surface area (Å²) in [5.41, 5.74) is 2.35. The lowest BCUT2D eigenvalue weighted by Crippen LogP contribution is -2.52. The van der Waals surface area contributed by atoms with E-state index in [9.17, 15) is 4.79 Å². The Kier molecular flexibility index (Phi) is 4.81. The molecule has 1 aromatic carbocycles. The van der Waals surface area contributed by atoms with Crippen molar-refractivity contribution < 1.29 is 9.21 Å². The molecule has 2 aromatic rings. The van der Waals surface area contributed by atoms with Crippen molar-refractivity contribution in [2.24, 2.45) is 0 Å². The van der Waals surface area contributed by atoms with Crippen LogP contribution in [0.2, 0.25) is 0 Å². The molecule has 0 radical (unpaired) electrons. The fourth-order valence-corrected chi connectivity index (χ4v) is 4.81. The quantitative estimate of drug-likeness (QED) is 0.831. The molecule has 1 spiro atoms. The number of oxazole rings is 1. The molecule has 0 N–H and O–H groups in total. The topological polar surface area (TPSA) is 49.6 Å². The molecule has 1 amide bonds. The maximum atomic E-state index is 12.9. The van der Waals surface area contributed by atoms with E-state index in [2.05, 4.69) is 47.3 Å². The van der Waals surface area contributed by atoms with Gasteiger partial charge in [0.2, 0.25) is 5.76 Å². The third-order valence-electron chi connectivity index (χ3n) is 6.52. The summed E-state index contributed by atoms with van der Waals surface area (Å²) < 4.78 is 5.68. The average Bonchev–Trinajstić information content (AvgIpc) is 3.23. The first kappa shape index (κ1) is 18.2. The van der Waals surface area contributed by atoms with E-state index in [0.717, 1.165) is 32.5 Å². The number of carbonyl (C=O) groups excluding carboxylic acids is 1. The predicted octanol–water partition coefficient (Wildman–Crippen LogP) is 3.64. The third kappa shape index (κ3) is 3.29. The van der Waals surface area contributed by atoms with Crippen molar-refractivity contribution >= 4 is 5.91 Å². The lowest BCUT2D eigenvalue weighted by atomic mass is 9.81. The number of piperidine rings is 1. The van der Waals surface area contributed by atoms with Gasteiger partial charge in [-0.15, -0.1) is 0 Å². The maximum Gasteiger partial charge on any atom is 0.291 e. The molecule has 0 bridgehead atoms. The van der Waals surface area contributed by atoms with Crippen molar-refractivity contribution in [2.45, 2.75) is 51.0 Å². The summed E-state index contributed by atoms with van der Waals surface area (Å²) >= 11 is 0. The SMILES string of the molecule is CCc1nc(C)c(C(=O)N2CCC3(CC2)C[C@H](c2ccccc2)CN3C)o1. The highest BCUT2D eigenvalue weighted by Gasteiger charge is 2.46. The van der Waals surface area contributed by atoms with Gasteiger partial charge in [0.05, 0.1) is 5.69 Å². The molecule has 0 aliphatic carbocycles. The van der Waals surface area contributed by atoms with Gasteiger partial charge in [0.15, 0.2) is 5.89 Å². The van der Waals surface area contributed by atoms with Gasteiger partial charge < -0.3 is 9.32 Å². The van der Waals surface area contributed by atoms with Gasteiger partial charge in [0, 0.05) is 31.6 Å². The number of nitrogens with zero attached hydrogens (tertiary/aromatic N) is 3. The second kappa shape index (κ2) is 7.12. The largest absolute Gasteiger partial charge is 0.435 e. The van der Waals surface area contributed by atoms with E-state index in [1.54, 1.807) is 0 Å². The van der Waals surface area contributed by atoms with Crippen LogP contribution in [0.4, 0.5) is 0 Å². The maximum absolute atomic E-state index is 12.9. The molecule has 2 saturated heterocycles. The molecule has 27 heavy (non-hydrogen) atoms. The molecular weight excluding hydrogens is 338 g/mol. The fourth-order valence-electron chi connectivity index (χ4n) is 4.81. The summed E-state index contributed by atoms with van der Waals surface area (Å²) in [5.74, 6) is 1.65. The number of amides is 1. The van der Waals surface area contributed by atoms with Crippen LogP contribution < -0.4 is 0 Å². The molecule has 2 aliphatic rings. The third-order valence-corrected chi connectivity index (χ3v) is 6.52. The molecular formula is C22H29N3O2. The van der Waals surface area contributed by atoms with Gasteiger partial charge in [-0.25, -0.2) is 4.98 Å². The molecule has 3 heterocycles. The summed E-state index contributed by atoms with van der Waals surface area (Å²) in [4.78, 5) is 21.7. The second-order valence-corrected chi connectivity index (χ2v) is 8.08. The minimum Gasteiger partial charge on any atom is -0.435 e. The van der Waals surface area contributed by atoms with Crippen molar-refractivity contribution in [1.29, 1.82) is 0 Å². The molecule has 0 saturated carbocycles. The molecule has 1 atom stereocenters. The van der Waals surface area contributed by atoms with Gasteiger partial charge in [0.1, 0.15) is 0 Å². The van der Waals surface area contributed by atoms with E-state index in [4.69, 9.17) is 4.42 Å². The zero-order valence-corrected chi connectivity index (χ0v) is 16.6. The summed E-state index contributed by atoms with van der Waals surface area (Å²) in [6.45, 7) is 6.51. The summed E-state index contributed by atoms with van der Waals surface area (Å²) in [5, 5.41) is 0. The highest BCUT2D eigenvalue weighted by molar-refractivity contribution is 5.92. The number of aryl methyl sites for hydroxylation is 2. The van der Waals surface area contributed by atoms with E-state index in [1.807, 2.05) is 18.7 Å². The molecule has 4 rings (SSSR count). The van der Waals surface area contributed by atoms with Crippen molar-refractivity contribution in [2.75, 3.05) is 26.7 Å². The highest BCUT2D eigenvalue weighted by Crippen LogP contribution is 2.44. The van der Waals surface area contributed by atoms with Crippen LogP contribution in [0.1, 0.15) is 59.8 Å². The predicted molar refractivity (Wildman–Crippen MR) is 105 cm³/mol. The first-order valence-electron chi connectivity index (χ1n) is 10.0. The summed E-state index contributed by atoms with van der Waals surface area (Å²) in [6, 6.07) is 10.8. The zero-order valence-electron chi connectivity index (χ0n) is 16.6. The number of likely N-dealkylation sites (tertiary alicyclic amines) is 2.